The highest BCUT2D eigenvalue weighted by atomic mass is 32.2. The van der Waals surface area contributed by atoms with Crippen molar-refractivity contribution in [2.24, 2.45) is 0 Å². The lowest BCUT2D eigenvalue weighted by atomic mass is 10.1. The van der Waals surface area contributed by atoms with Crippen LogP contribution in [0.1, 0.15) is 24.5 Å². The summed E-state index contributed by atoms with van der Waals surface area (Å²) in [4.78, 5) is 0.00396. The van der Waals surface area contributed by atoms with Gasteiger partial charge in [0.2, 0.25) is 10.0 Å². The molecule has 1 rings (SSSR count). The van der Waals surface area contributed by atoms with Gasteiger partial charge in [-0.2, -0.15) is 13.2 Å². The summed E-state index contributed by atoms with van der Waals surface area (Å²) in [5, 5.41) is 2.91. The number of hydrogen-bond acceptors (Lipinski definition) is 3. The average molecular weight is 324 g/mol. The van der Waals surface area contributed by atoms with Gasteiger partial charge < -0.3 is 5.32 Å². The van der Waals surface area contributed by atoms with Gasteiger partial charge in [-0.15, -0.1) is 0 Å². The quantitative estimate of drug-likeness (QED) is 0.844. The van der Waals surface area contributed by atoms with E-state index in [0.29, 0.717) is 12.1 Å². The van der Waals surface area contributed by atoms with Crippen LogP contribution in [-0.2, 0) is 16.6 Å². The Morgan fingerprint density at radius 1 is 1.29 bits per heavy atom. The lowest BCUT2D eigenvalue weighted by Crippen LogP contribution is -2.36. The molecule has 0 heterocycles. The third kappa shape index (κ3) is 5.29. The normalized spacial score (nSPS) is 14.2. The molecule has 0 aliphatic rings. The third-order valence-electron chi connectivity index (χ3n) is 2.95. The van der Waals surface area contributed by atoms with Crippen LogP contribution >= 0.6 is 0 Å². The van der Waals surface area contributed by atoms with E-state index in [0.717, 1.165) is 5.56 Å². The van der Waals surface area contributed by atoms with Gasteiger partial charge in [-0.25, -0.2) is 13.1 Å². The van der Waals surface area contributed by atoms with Crippen LogP contribution in [0.2, 0.25) is 0 Å². The van der Waals surface area contributed by atoms with E-state index in [1.807, 2.05) is 0 Å². The van der Waals surface area contributed by atoms with E-state index >= 15 is 0 Å². The summed E-state index contributed by atoms with van der Waals surface area (Å²) in [5.41, 5.74) is 1.31. The SMILES string of the molecule is CNCc1cccc(S(=O)(=O)NC(C)CC(F)(F)F)c1C. The Hall–Kier alpha value is -1.12. The van der Waals surface area contributed by atoms with Gasteiger partial charge in [-0.05, 0) is 38.1 Å². The minimum Gasteiger partial charge on any atom is -0.316 e. The van der Waals surface area contributed by atoms with Crippen LogP contribution in [0.4, 0.5) is 13.2 Å². The molecule has 0 aliphatic heterocycles. The predicted octanol–water partition coefficient (Wildman–Crippen LogP) is 2.33. The summed E-state index contributed by atoms with van der Waals surface area (Å²) in [7, 11) is -2.25. The van der Waals surface area contributed by atoms with Crippen molar-refractivity contribution in [3.8, 4) is 0 Å². The lowest BCUT2D eigenvalue weighted by Gasteiger charge is -2.18. The molecule has 1 unspecified atom stereocenters. The fourth-order valence-electron chi connectivity index (χ4n) is 2.05. The summed E-state index contributed by atoms with van der Waals surface area (Å²) in [5.74, 6) is 0. The number of hydrogen-bond donors (Lipinski definition) is 2. The van der Waals surface area contributed by atoms with Crippen LogP contribution in [0.5, 0.6) is 0 Å². The summed E-state index contributed by atoms with van der Waals surface area (Å²) >= 11 is 0. The molecule has 2 N–H and O–H groups in total. The monoisotopic (exact) mass is 324 g/mol. The largest absolute Gasteiger partial charge is 0.390 e. The summed E-state index contributed by atoms with van der Waals surface area (Å²) in [6.45, 7) is 3.31. The van der Waals surface area contributed by atoms with E-state index in [4.69, 9.17) is 0 Å². The van der Waals surface area contributed by atoms with Gasteiger partial charge in [-0.3, -0.25) is 0 Å². The molecule has 120 valence electrons. The van der Waals surface area contributed by atoms with Gasteiger partial charge in [0.15, 0.2) is 0 Å². The number of halogens is 3. The fourth-order valence-corrected chi connectivity index (χ4v) is 3.58. The van der Waals surface area contributed by atoms with Crippen molar-refractivity contribution in [1.82, 2.24) is 10.0 Å². The van der Waals surface area contributed by atoms with Crippen molar-refractivity contribution < 1.29 is 21.6 Å². The van der Waals surface area contributed by atoms with Gasteiger partial charge in [0, 0.05) is 12.6 Å². The number of alkyl halides is 3. The van der Waals surface area contributed by atoms with Gasteiger partial charge in [0.05, 0.1) is 11.3 Å². The minimum atomic E-state index is -4.41. The molecule has 0 fully saturated rings. The highest BCUT2D eigenvalue weighted by Crippen LogP contribution is 2.23. The average Bonchev–Trinajstić information content (AvgIpc) is 2.28. The van der Waals surface area contributed by atoms with E-state index in [9.17, 15) is 21.6 Å². The molecule has 0 bridgehead atoms. The topological polar surface area (TPSA) is 58.2 Å². The molecule has 21 heavy (non-hydrogen) atoms. The molecule has 8 heteroatoms. The van der Waals surface area contributed by atoms with Gasteiger partial charge >= 0.3 is 6.18 Å². The zero-order chi connectivity index (χ0) is 16.3. The summed E-state index contributed by atoms with van der Waals surface area (Å²) < 4.78 is 63.3. The molecule has 0 radical (unpaired) electrons. The Morgan fingerprint density at radius 3 is 2.43 bits per heavy atom. The van der Waals surface area contributed by atoms with Crippen molar-refractivity contribution in [1.29, 1.82) is 0 Å². The zero-order valence-electron chi connectivity index (χ0n) is 12.1. The van der Waals surface area contributed by atoms with Crippen LogP contribution in [0.3, 0.4) is 0 Å². The van der Waals surface area contributed by atoms with E-state index in [1.54, 1.807) is 26.1 Å². The van der Waals surface area contributed by atoms with Crippen molar-refractivity contribution in [3.05, 3.63) is 29.3 Å². The van der Waals surface area contributed by atoms with E-state index < -0.39 is 28.7 Å². The highest BCUT2D eigenvalue weighted by Gasteiger charge is 2.32. The standard InChI is InChI=1S/C13H19F3N2O2S/c1-9(7-13(14,15)16)18-21(19,20)12-6-4-5-11(8-17-3)10(12)2/h4-6,9,17-18H,7-8H2,1-3H3. The first kappa shape index (κ1) is 17.9. The second-order valence-electron chi connectivity index (χ2n) is 4.91. The molecule has 1 aromatic rings. The molecule has 0 aromatic heterocycles. The Bertz CT molecular complexity index is 586. The van der Waals surface area contributed by atoms with Gasteiger partial charge in [0.1, 0.15) is 0 Å². The van der Waals surface area contributed by atoms with Crippen molar-refractivity contribution in [2.45, 2.75) is 43.9 Å². The molecule has 0 saturated carbocycles. The number of sulfonamides is 1. The third-order valence-corrected chi connectivity index (χ3v) is 4.68. The highest BCUT2D eigenvalue weighted by molar-refractivity contribution is 7.89. The molecular formula is C13H19F3N2O2S. The number of rotatable bonds is 6. The zero-order valence-corrected chi connectivity index (χ0v) is 12.9. The molecule has 4 nitrogen and oxygen atoms in total. The maximum atomic E-state index is 12.3. The van der Waals surface area contributed by atoms with Gasteiger partial charge in [-0.1, -0.05) is 12.1 Å². The van der Waals surface area contributed by atoms with Crippen LogP contribution in [-0.4, -0.2) is 27.7 Å². The first-order chi connectivity index (χ1) is 9.57. The summed E-state index contributed by atoms with van der Waals surface area (Å²) in [6, 6.07) is 3.51. The maximum absolute atomic E-state index is 12.3. The van der Waals surface area contributed by atoms with Crippen molar-refractivity contribution in [3.63, 3.8) is 0 Å². The van der Waals surface area contributed by atoms with Crippen LogP contribution in [0.15, 0.2) is 23.1 Å². The Balaban J connectivity index is 3.01. The number of benzene rings is 1. The van der Waals surface area contributed by atoms with E-state index in [-0.39, 0.29) is 4.90 Å². The smallest absolute Gasteiger partial charge is 0.316 e. The molecular weight excluding hydrogens is 305 g/mol. The summed E-state index contributed by atoms with van der Waals surface area (Å²) in [6.07, 6.45) is -5.62. The van der Waals surface area contributed by atoms with E-state index in [1.165, 1.54) is 13.0 Å². The Morgan fingerprint density at radius 2 is 1.90 bits per heavy atom. The predicted molar refractivity (Wildman–Crippen MR) is 74.4 cm³/mol. The second-order valence-corrected chi connectivity index (χ2v) is 6.59. The van der Waals surface area contributed by atoms with Crippen molar-refractivity contribution >= 4 is 10.0 Å². The number of nitrogens with one attached hydrogen (secondary N) is 2. The van der Waals surface area contributed by atoms with Crippen LogP contribution in [0.25, 0.3) is 0 Å². The minimum absolute atomic E-state index is 0.00396. The second kappa shape index (κ2) is 6.76. The van der Waals surface area contributed by atoms with Crippen LogP contribution in [0, 0.1) is 6.92 Å². The molecule has 0 saturated heterocycles. The molecule has 1 atom stereocenters. The molecule has 1 aromatic carbocycles. The first-order valence-corrected chi connectivity index (χ1v) is 7.87. The Labute approximate surface area is 122 Å². The fraction of sp³-hybridized carbons (Fsp3) is 0.538. The van der Waals surface area contributed by atoms with E-state index in [2.05, 4.69) is 10.0 Å². The first-order valence-electron chi connectivity index (χ1n) is 6.39. The molecule has 0 amide bonds. The van der Waals surface area contributed by atoms with Crippen molar-refractivity contribution in [2.75, 3.05) is 7.05 Å². The molecule has 0 spiro atoms. The molecule has 0 aliphatic carbocycles. The van der Waals surface area contributed by atoms with Crippen LogP contribution < -0.4 is 10.0 Å². The lowest BCUT2D eigenvalue weighted by molar-refractivity contribution is -0.137. The van der Waals surface area contributed by atoms with Gasteiger partial charge in [0.25, 0.3) is 0 Å². The maximum Gasteiger partial charge on any atom is 0.390 e. The Kier molecular flexibility index (Phi) is 5.77.